The Bertz CT molecular complexity index is 754. The van der Waals surface area contributed by atoms with Gasteiger partial charge in [-0.05, 0) is 37.8 Å². The van der Waals surface area contributed by atoms with Gasteiger partial charge in [0.15, 0.2) is 0 Å². The van der Waals surface area contributed by atoms with Gasteiger partial charge in [0.25, 0.3) is 5.91 Å². The molecule has 0 unspecified atom stereocenters. The molecule has 0 bridgehead atoms. The number of hydrogen-bond donors (Lipinski definition) is 2. The Morgan fingerprint density at radius 1 is 1.24 bits per heavy atom. The zero-order valence-corrected chi connectivity index (χ0v) is 14.1. The molecule has 2 aliphatic carbocycles. The van der Waals surface area contributed by atoms with Crippen molar-refractivity contribution in [2.75, 3.05) is 6.54 Å². The third-order valence-corrected chi connectivity index (χ3v) is 5.15. The Morgan fingerprint density at radius 3 is 2.88 bits per heavy atom. The van der Waals surface area contributed by atoms with E-state index in [1.807, 2.05) is 12.1 Å². The Kier molecular flexibility index (Phi) is 4.53. The second-order valence-corrected chi connectivity index (χ2v) is 7.13. The number of carbonyl (C=O) groups excluding carboxylic acids is 1. The van der Waals surface area contributed by atoms with Gasteiger partial charge in [0, 0.05) is 29.5 Å². The summed E-state index contributed by atoms with van der Waals surface area (Å²) in [6.07, 6.45) is 5.90. The van der Waals surface area contributed by atoms with E-state index in [1.54, 1.807) is 12.1 Å². The van der Waals surface area contributed by atoms with Crippen molar-refractivity contribution >= 4 is 5.91 Å². The lowest BCUT2D eigenvalue weighted by Crippen LogP contribution is -2.36. The van der Waals surface area contributed by atoms with E-state index in [4.69, 9.17) is 4.52 Å². The van der Waals surface area contributed by atoms with Gasteiger partial charge >= 0.3 is 0 Å². The molecule has 2 fully saturated rings. The molecule has 1 aromatic heterocycles. The minimum absolute atomic E-state index is 0.134. The normalized spacial score (nSPS) is 23.4. The molecule has 1 amide bonds. The quantitative estimate of drug-likeness (QED) is 0.873. The van der Waals surface area contributed by atoms with E-state index in [9.17, 15) is 9.90 Å². The lowest BCUT2D eigenvalue weighted by molar-refractivity contribution is 0.0663. The number of amides is 1. The number of rotatable bonds is 5. The SMILES string of the molecule is O=C(NC[C@H]1CCCC[C@@H]1O)c1cccc(-c2noc(C3CC3)n2)c1. The van der Waals surface area contributed by atoms with Gasteiger partial charge < -0.3 is 14.9 Å². The fraction of sp³-hybridized carbons (Fsp3) is 0.526. The summed E-state index contributed by atoms with van der Waals surface area (Å²) in [5.41, 5.74) is 1.35. The maximum atomic E-state index is 12.4. The van der Waals surface area contributed by atoms with Crippen molar-refractivity contribution in [3.63, 3.8) is 0 Å². The number of aliphatic hydroxyl groups excluding tert-OH is 1. The summed E-state index contributed by atoms with van der Waals surface area (Å²) in [5, 5.41) is 17.0. The predicted octanol–water partition coefficient (Wildman–Crippen LogP) is 2.89. The van der Waals surface area contributed by atoms with Crippen LogP contribution in [0, 0.1) is 5.92 Å². The number of nitrogens with one attached hydrogen (secondary N) is 1. The van der Waals surface area contributed by atoms with E-state index in [0.717, 1.165) is 44.1 Å². The molecule has 2 N–H and O–H groups in total. The van der Waals surface area contributed by atoms with Crippen LogP contribution in [0.25, 0.3) is 11.4 Å². The molecule has 0 saturated heterocycles. The molecule has 2 saturated carbocycles. The van der Waals surface area contributed by atoms with E-state index < -0.39 is 0 Å². The number of carbonyl (C=O) groups is 1. The largest absolute Gasteiger partial charge is 0.393 e. The lowest BCUT2D eigenvalue weighted by Gasteiger charge is -2.27. The van der Waals surface area contributed by atoms with Crippen LogP contribution in [-0.2, 0) is 0 Å². The third-order valence-electron chi connectivity index (χ3n) is 5.15. The fourth-order valence-corrected chi connectivity index (χ4v) is 3.40. The predicted molar refractivity (Wildman–Crippen MR) is 92.0 cm³/mol. The van der Waals surface area contributed by atoms with E-state index >= 15 is 0 Å². The summed E-state index contributed by atoms with van der Waals surface area (Å²) < 4.78 is 5.29. The first kappa shape index (κ1) is 16.3. The molecule has 0 radical (unpaired) electrons. The molecule has 2 aliphatic rings. The van der Waals surface area contributed by atoms with Crippen LogP contribution in [0.4, 0.5) is 0 Å². The van der Waals surface area contributed by atoms with Crippen LogP contribution in [0.15, 0.2) is 28.8 Å². The molecule has 132 valence electrons. The van der Waals surface area contributed by atoms with Gasteiger partial charge in [0.1, 0.15) is 0 Å². The molecule has 0 spiro atoms. The molecule has 25 heavy (non-hydrogen) atoms. The maximum Gasteiger partial charge on any atom is 0.251 e. The van der Waals surface area contributed by atoms with E-state index in [1.165, 1.54) is 0 Å². The van der Waals surface area contributed by atoms with Gasteiger partial charge in [-0.3, -0.25) is 4.79 Å². The Morgan fingerprint density at radius 2 is 2.08 bits per heavy atom. The van der Waals surface area contributed by atoms with Crippen LogP contribution in [0.3, 0.4) is 0 Å². The summed E-state index contributed by atoms with van der Waals surface area (Å²) in [5.74, 6) is 1.65. The number of aromatic nitrogens is 2. The smallest absolute Gasteiger partial charge is 0.251 e. The minimum Gasteiger partial charge on any atom is -0.393 e. The molecular weight excluding hydrogens is 318 g/mol. The van der Waals surface area contributed by atoms with Crippen molar-refractivity contribution in [2.45, 2.75) is 50.5 Å². The van der Waals surface area contributed by atoms with E-state index in [0.29, 0.717) is 29.7 Å². The summed E-state index contributed by atoms with van der Waals surface area (Å²) in [7, 11) is 0. The van der Waals surface area contributed by atoms with Crippen LogP contribution < -0.4 is 5.32 Å². The monoisotopic (exact) mass is 341 g/mol. The Labute approximate surface area is 146 Å². The highest BCUT2D eigenvalue weighted by atomic mass is 16.5. The first-order valence-electron chi connectivity index (χ1n) is 9.11. The first-order chi connectivity index (χ1) is 12.2. The second kappa shape index (κ2) is 6.96. The first-order valence-corrected chi connectivity index (χ1v) is 9.11. The highest BCUT2D eigenvalue weighted by Crippen LogP contribution is 2.39. The van der Waals surface area contributed by atoms with E-state index in [2.05, 4.69) is 15.5 Å². The van der Waals surface area contributed by atoms with Crippen LogP contribution in [0.1, 0.15) is 60.7 Å². The van der Waals surface area contributed by atoms with Crippen molar-refractivity contribution in [3.8, 4) is 11.4 Å². The van der Waals surface area contributed by atoms with Crippen molar-refractivity contribution < 1.29 is 14.4 Å². The summed E-state index contributed by atoms with van der Waals surface area (Å²) >= 11 is 0. The molecule has 4 rings (SSSR count). The van der Waals surface area contributed by atoms with Gasteiger partial charge in [0.2, 0.25) is 11.7 Å². The van der Waals surface area contributed by atoms with Crippen LogP contribution in [0.2, 0.25) is 0 Å². The number of benzene rings is 1. The molecule has 6 nitrogen and oxygen atoms in total. The third kappa shape index (κ3) is 3.74. The van der Waals surface area contributed by atoms with Crippen molar-refractivity contribution in [3.05, 3.63) is 35.7 Å². The number of aliphatic hydroxyl groups is 1. The molecule has 1 heterocycles. The van der Waals surface area contributed by atoms with Crippen molar-refractivity contribution in [2.24, 2.45) is 5.92 Å². The van der Waals surface area contributed by atoms with Gasteiger partial charge in [0.05, 0.1) is 6.10 Å². The number of nitrogens with zero attached hydrogens (tertiary/aromatic N) is 2. The molecule has 1 aromatic carbocycles. The van der Waals surface area contributed by atoms with Crippen molar-refractivity contribution in [1.29, 1.82) is 0 Å². The standard InChI is InChI=1S/C19H23N3O3/c23-16-7-2-1-4-15(16)11-20-18(24)14-6-3-5-13(10-14)17-21-19(25-22-17)12-8-9-12/h3,5-6,10,12,15-16,23H,1-2,4,7-9,11H2,(H,20,24)/t15-,16+/m1/s1. The Hall–Kier alpha value is -2.21. The average molecular weight is 341 g/mol. The Balaban J connectivity index is 1.42. The summed E-state index contributed by atoms with van der Waals surface area (Å²) in [6, 6.07) is 7.27. The summed E-state index contributed by atoms with van der Waals surface area (Å²) in [6.45, 7) is 0.512. The highest BCUT2D eigenvalue weighted by molar-refractivity contribution is 5.95. The molecule has 6 heteroatoms. The van der Waals surface area contributed by atoms with Gasteiger partial charge in [-0.15, -0.1) is 0 Å². The molecule has 0 aliphatic heterocycles. The topological polar surface area (TPSA) is 88.2 Å². The second-order valence-electron chi connectivity index (χ2n) is 7.13. The highest BCUT2D eigenvalue weighted by Gasteiger charge is 2.30. The maximum absolute atomic E-state index is 12.4. The molecule has 2 aromatic rings. The van der Waals surface area contributed by atoms with Crippen LogP contribution >= 0.6 is 0 Å². The molecular formula is C19H23N3O3. The van der Waals surface area contributed by atoms with Crippen LogP contribution in [-0.4, -0.2) is 33.8 Å². The zero-order valence-electron chi connectivity index (χ0n) is 14.1. The van der Waals surface area contributed by atoms with E-state index in [-0.39, 0.29) is 17.9 Å². The zero-order chi connectivity index (χ0) is 17.2. The van der Waals surface area contributed by atoms with Gasteiger partial charge in [-0.1, -0.05) is 30.1 Å². The van der Waals surface area contributed by atoms with Crippen LogP contribution in [0.5, 0.6) is 0 Å². The van der Waals surface area contributed by atoms with Gasteiger partial charge in [-0.25, -0.2) is 0 Å². The molecule has 2 atom stereocenters. The van der Waals surface area contributed by atoms with Crippen molar-refractivity contribution in [1.82, 2.24) is 15.5 Å². The average Bonchev–Trinajstić information content (AvgIpc) is 3.38. The van der Waals surface area contributed by atoms with Gasteiger partial charge in [-0.2, -0.15) is 4.98 Å². The number of hydrogen-bond acceptors (Lipinski definition) is 5. The summed E-state index contributed by atoms with van der Waals surface area (Å²) in [4.78, 5) is 16.9. The lowest BCUT2D eigenvalue weighted by atomic mass is 9.86. The fourth-order valence-electron chi connectivity index (χ4n) is 3.40. The minimum atomic E-state index is -0.305.